The zero-order chi connectivity index (χ0) is 22.7. The van der Waals surface area contributed by atoms with Crippen molar-refractivity contribution in [3.8, 4) is 0 Å². The molecule has 0 saturated carbocycles. The highest BCUT2D eigenvalue weighted by Crippen LogP contribution is 2.39. The lowest BCUT2D eigenvalue weighted by molar-refractivity contribution is -0.155. The Balaban J connectivity index is 1.35. The second kappa shape index (κ2) is 9.24. The van der Waals surface area contributed by atoms with E-state index < -0.39 is 11.4 Å². The molecule has 2 aromatic rings. The summed E-state index contributed by atoms with van der Waals surface area (Å²) < 4.78 is 15.1. The second-order valence-corrected chi connectivity index (χ2v) is 8.79. The summed E-state index contributed by atoms with van der Waals surface area (Å²) in [7, 11) is 0. The van der Waals surface area contributed by atoms with Crippen LogP contribution in [0.25, 0.3) is 0 Å². The minimum Gasteiger partial charge on any atom is -0.481 e. The molecule has 1 saturated heterocycles. The molecule has 1 atom stereocenters. The topological polar surface area (TPSA) is 80.0 Å². The van der Waals surface area contributed by atoms with Gasteiger partial charge in [0.2, 0.25) is 0 Å². The van der Waals surface area contributed by atoms with Gasteiger partial charge in [-0.1, -0.05) is 23.4 Å². The van der Waals surface area contributed by atoms with E-state index >= 15 is 0 Å². The van der Waals surface area contributed by atoms with Crippen LogP contribution in [0.2, 0.25) is 0 Å². The minimum absolute atomic E-state index is 0.280. The SMILES string of the molecule is C=CCn1cc(CN2CCC(C[C@@H]3CC(c4ccc(F)cc4)=NO3)(C(=O)O)CC2)c(C)n1. The van der Waals surface area contributed by atoms with Crippen molar-refractivity contribution in [1.82, 2.24) is 14.7 Å². The molecule has 0 amide bonds. The molecule has 2 aliphatic heterocycles. The molecule has 0 unspecified atom stereocenters. The van der Waals surface area contributed by atoms with Crippen LogP contribution in [0, 0.1) is 18.2 Å². The fraction of sp³-hybridized carbons (Fsp3) is 0.458. The van der Waals surface area contributed by atoms with Crippen LogP contribution in [-0.4, -0.2) is 50.7 Å². The number of oxime groups is 1. The maximum absolute atomic E-state index is 13.2. The summed E-state index contributed by atoms with van der Waals surface area (Å²) in [6.07, 6.45) is 5.65. The van der Waals surface area contributed by atoms with E-state index in [9.17, 15) is 14.3 Å². The Kier molecular flexibility index (Phi) is 6.41. The molecule has 0 bridgehead atoms. The lowest BCUT2D eigenvalue weighted by atomic mass is 9.73. The number of hydrogen-bond donors (Lipinski definition) is 1. The summed E-state index contributed by atoms with van der Waals surface area (Å²) >= 11 is 0. The first-order valence-corrected chi connectivity index (χ1v) is 11.0. The van der Waals surface area contributed by atoms with Gasteiger partial charge < -0.3 is 9.94 Å². The van der Waals surface area contributed by atoms with Crippen molar-refractivity contribution in [3.05, 3.63) is 65.8 Å². The van der Waals surface area contributed by atoms with E-state index in [0.29, 0.717) is 45.3 Å². The van der Waals surface area contributed by atoms with Crippen LogP contribution in [0.4, 0.5) is 4.39 Å². The monoisotopic (exact) mass is 440 g/mol. The Morgan fingerprint density at radius 1 is 1.34 bits per heavy atom. The summed E-state index contributed by atoms with van der Waals surface area (Å²) in [5, 5.41) is 18.7. The lowest BCUT2D eigenvalue weighted by Gasteiger charge is -2.39. The van der Waals surface area contributed by atoms with Crippen LogP contribution in [0.3, 0.4) is 0 Å². The van der Waals surface area contributed by atoms with Crippen molar-refractivity contribution >= 4 is 11.7 Å². The zero-order valence-corrected chi connectivity index (χ0v) is 18.3. The first-order chi connectivity index (χ1) is 15.4. The highest BCUT2D eigenvalue weighted by Gasteiger charge is 2.45. The summed E-state index contributed by atoms with van der Waals surface area (Å²) in [4.78, 5) is 20.2. The maximum Gasteiger partial charge on any atom is 0.309 e. The quantitative estimate of drug-likeness (QED) is 0.632. The molecule has 2 aliphatic rings. The predicted octanol–water partition coefficient (Wildman–Crippen LogP) is 3.77. The molecule has 8 heteroatoms. The van der Waals surface area contributed by atoms with Gasteiger partial charge in [0.15, 0.2) is 0 Å². The van der Waals surface area contributed by atoms with E-state index in [2.05, 4.69) is 21.7 Å². The van der Waals surface area contributed by atoms with Crippen molar-refractivity contribution in [3.63, 3.8) is 0 Å². The Morgan fingerprint density at radius 3 is 2.72 bits per heavy atom. The molecule has 1 N–H and O–H groups in total. The molecule has 1 aromatic carbocycles. The van der Waals surface area contributed by atoms with Crippen LogP contribution >= 0.6 is 0 Å². The van der Waals surface area contributed by atoms with Crippen LogP contribution in [0.15, 0.2) is 48.3 Å². The van der Waals surface area contributed by atoms with Gasteiger partial charge in [-0.05, 0) is 50.6 Å². The van der Waals surface area contributed by atoms with Crippen molar-refractivity contribution in [2.24, 2.45) is 10.6 Å². The van der Waals surface area contributed by atoms with Gasteiger partial charge in [-0.3, -0.25) is 14.4 Å². The highest BCUT2D eigenvalue weighted by atomic mass is 19.1. The van der Waals surface area contributed by atoms with Gasteiger partial charge in [0.05, 0.1) is 23.4 Å². The molecule has 0 aliphatic carbocycles. The van der Waals surface area contributed by atoms with Gasteiger partial charge in [-0.25, -0.2) is 4.39 Å². The molecule has 4 rings (SSSR count). The van der Waals surface area contributed by atoms with Crippen LogP contribution in [0.5, 0.6) is 0 Å². The third-order valence-electron chi connectivity index (χ3n) is 6.55. The van der Waals surface area contributed by atoms with Crippen LogP contribution in [-0.2, 0) is 22.7 Å². The van der Waals surface area contributed by atoms with E-state index in [-0.39, 0.29) is 11.9 Å². The van der Waals surface area contributed by atoms with Crippen molar-refractivity contribution in [2.45, 2.75) is 51.8 Å². The number of hydrogen-bond acceptors (Lipinski definition) is 5. The molecule has 1 aromatic heterocycles. The molecule has 0 spiro atoms. The smallest absolute Gasteiger partial charge is 0.309 e. The number of benzene rings is 1. The molecule has 3 heterocycles. The molecule has 7 nitrogen and oxygen atoms in total. The predicted molar refractivity (Wildman–Crippen MR) is 119 cm³/mol. The van der Waals surface area contributed by atoms with Gasteiger partial charge in [-0.2, -0.15) is 5.10 Å². The van der Waals surface area contributed by atoms with Gasteiger partial charge in [0, 0.05) is 31.1 Å². The summed E-state index contributed by atoms with van der Waals surface area (Å²) in [5.41, 5.74) is 2.87. The van der Waals surface area contributed by atoms with E-state index in [0.717, 1.165) is 29.1 Å². The molecule has 170 valence electrons. The average Bonchev–Trinajstić information content (AvgIpc) is 3.37. The number of carboxylic acids is 1. The van der Waals surface area contributed by atoms with E-state index in [1.54, 1.807) is 12.1 Å². The molecule has 0 radical (unpaired) electrons. The fourth-order valence-corrected chi connectivity index (χ4v) is 4.61. The number of rotatable bonds is 8. The van der Waals surface area contributed by atoms with Crippen molar-refractivity contribution in [1.29, 1.82) is 0 Å². The molecule has 1 fully saturated rings. The Bertz CT molecular complexity index is 1010. The molecule has 32 heavy (non-hydrogen) atoms. The highest BCUT2D eigenvalue weighted by molar-refractivity contribution is 6.01. The van der Waals surface area contributed by atoms with E-state index in [1.165, 1.54) is 12.1 Å². The normalized spacial score (nSPS) is 20.6. The first-order valence-electron chi connectivity index (χ1n) is 11.0. The lowest BCUT2D eigenvalue weighted by Crippen LogP contribution is -2.45. The number of aromatic nitrogens is 2. The minimum atomic E-state index is -0.822. The zero-order valence-electron chi connectivity index (χ0n) is 18.3. The fourth-order valence-electron chi connectivity index (χ4n) is 4.61. The maximum atomic E-state index is 13.2. The summed E-state index contributed by atoms with van der Waals surface area (Å²) in [5.74, 6) is -1.07. The summed E-state index contributed by atoms with van der Waals surface area (Å²) in [6, 6.07) is 6.13. The number of aliphatic carboxylic acids is 1. The van der Waals surface area contributed by atoms with E-state index in [1.807, 2.05) is 23.9 Å². The number of piperidine rings is 1. The van der Waals surface area contributed by atoms with Crippen LogP contribution in [0.1, 0.15) is 42.5 Å². The number of carbonyl (C=O) groups is 1. The standard InChI is InChI=1S/C24H29FN4O3/c1-3-10-29-16-19(17(2)26-29)15-28-11-8-24(9-12-28,23(30)31)14-21-13-22(27-32-21)18-4-6-20(25)7-5-18/h3-7,16,21H,1,8-15H2,2H3,(H,30,31)/t21-/m0/s1. The summed E-state index contributed by atoms with van der Waals surface area (Å²) in [6.45, 7) is 8.59. The largest absolute Gasteiger partial charge is 0.481 e. The van der Waals surface area contributed by atoms with Crippen molar-refractivity contribution < 1.29 is 19.1 Å². The molecular weight excluding hydrogens is 411 g/mol. The van der Waals surface area contributed by atoms with Gasteiger partial charge in [0.1, 0.15) is 11.9 Å². The van der Waals surface area contributed by atoms with Gasteiger partial charge in [0.25, 0.3) is 0 Å². The first kappa shape index (κ1) is 22.2. The van der Waals surface area contributed by atoms with Gasteiger partial charge in [-0.15, -0.1) is 6.58 Å². The number of aryl methyl sites for hydroxylation is 1. The number of likely N-dealkylation sites (tertiary alicyclic amines) is 1. The number of halogens is 1. The molecular formula is C24H29FN4O3. The second-order valence-electron chi connectivity index (χ2n) is 8.79. The Labute approximate surface area is 187 Å². The Morgan fingerprint density at radius 2 is 2.06 bits per heavy atom. The Hall–Kier alpha value is -3.00. The number of carboxylic acid groups (broad SMARTS) is 1. The number of allylic oxidation sites excluding steroid dienone is 1. The van der Waals surface area contributed by atoms with Crippen LogP contribution < -0.4 is 0 Å². The van der Waals surface area contributed by atoms with Gasteiger partial charge >= 0.3 is 5.97 Å². The third kappa shape index (κ3) is 4.75. The average molecular weight is 441 g/mol. The third-order valence-corrected chi connectivity index (χ3v) is 6.55. The number of nitrogens with zero attached hydrogens (tertiary/aromatic N) is 4. The van der Waals surface area contributed by atoms with Crippen molar-refractivity contribution in [2.75, 3.05) is 13.1 Å². The van der Waals surface area contributed by atoms with E-state index in [4.69, 9.17) is 4.84 Å².